The molecule has 1 aromatic carbocycles. The van der Waals surface area contributed by atoms with Crippen LogP contribution in [0.15, 0.2) is 54.9 Å². The summed E-state index contributed by atoms with van der Waals surface area (Å²) in [5.41, 5.74) is 1.72. The lowest BCUT2D eigenvalue weighted by atomic mass is 10.1. The van der Waals surface area contributed by atoms with E-state index in [1.54, 1.807) is 29.1 Å². The highest BCUT2D eigenvalue weighted by Gasteiger charge is 2.21. The maximum Gasteiger partial charge on any atom is 0.223 e. The Hall–Kier alpha value is -2.16. The molecule has 1 aromatic heterocycles. The second-order valence-electron chi connectivity index (χ2n) is 3.96. The summed E-state index contributed by atoms with van der Waals surface area (Å²) >= 11 is 0. The van der Waals surface area contributed by atoms with Gasteiger partial charge < -0.3 is 9.90 Å². The molecule has 86 valence electrons. The number of hydrogen-bond acceptors (Lipinski definition) is 2. The molecule has 0 spiro atoms. The van der Waals surface area contributed by atoms with Crippen molar-refractivity contribution in [3.05, 3.63) is 66.0 Å². The number of carboxylic acid groups (broad SMARTS) is 1. The van der Waals surface area contributed by atoms with Crippen LogP contribution in [0.25, 0.3) is 0 Å². The number of hydrogen-bond donors (Lipinski definition) is 0. The van der Waals surface area contributed by atoms with Crippen LogP contribution in [0.2, 0.25) is 0 Å². The van der Waals surface area contributed by atoms with E-state index in [-0.39, 0.29) is 0 Å². The maximum atomic E-state index is 11.3. The van der Waals surface area contributed by atoms with E-state index in [9.17, 15) is 9.90 Å². The first-order valence-corrected chi connectivity index (χ1v) is 5.41. The Labute approximate surface area is 100.0 Å². The highest BCUT2D eigenvalue weighted by Crippen LogP contribution is 2.11. The summed E-state index contributed by atoms with van der Waals surface area (Å²) in [6.07, 6.45) is 3.54. The maximum absolute atomic E-state index is 11.3. The van der Waals surface area contributed by atoms with Gasteiger partial charge >= 0.3 is 0 Å². The van der Waals surface area contributed by atoms with E-state index in [0.717, 1.165) is 5.56 Å². The molecular formula is C14H13NO2. The van der Waals surface area contributed by atoms with Gasteiger partial charge in [-0.3, -0.25) is 0 Å². The van der Waals surface area contributed by atoms with Crippen molar-refractivity contribution in [2.24, 2.45) is 0 Å². The molecular weight excluding hydrogens is 214 g/mol. The number of nitrogens with zero attached hydrogens (tertiary/aromatic N) is 1. The van der Waals surface area contributed by atoms with Gasteiger partial charge in [-0.2, -0.15) is 4.57 Å². The van der Waals surface area contributed by atoms with Gasteiger partial charge in [-0.25, -0.2) is 0 Å². The fourth-order valence-corrected chi connectivity index (χ4v) is 1.84. The summed E-state index contributed by atoms with van der Waals surface area (Å²) in [7, 11) is 0. The zero-order valence-electron chi connectivity index (χ0n) is 9.54. The molecule has 1 heterocycles. The lowest BCUT2D eigenvalue weighted by molar-refractivity contribution is -0.707. The zero-order valence-corrected chi connectivity index (χ0v) is 9.54. The molecule has 2 aromatic rings. The number of aliphatic carboxylic acids is 1. The van der Waals surface area contributed by atoms with Gasteiger partial charge in [0, 0.05) is 17.2 Å². The Bertz CT molecular complexity index is 523. The molecule has 0 bridgehead atoms. The normalized spacial score (nSPS) is 12.1. The topological polar surface area (TPSA) is 44.0 Å². The molecule has 0 aliphatic carbocycles. The molecule has 0 radical (unpaired) electrons. The van der Waals surface area contributed by atoms with Crippen LogP contribution < -0.4 is 9.67 Å². The van der Waals surface area contributed by atoms with E-state index in [0.29, 0.717) is 5.56 Å². The van der Waals surface area contributed by atoms with Crippen molar-refractivity contribution in [2.75, 3.05) is 0 Å². The van der Waals surface area contributed by atoms with Gasteiger partial charge in [-0.15, -0.1) is 0 Å². The molecule has 3 heteroatoms. The number of pyridine rings is 1. The third-order valence-corrected chi connectivity index (χ3v) is 2.61. The summed E-state index contributed by atoms with van der Waals surface area (Å²) in [4.78, 5) is 11.3. The van der Waals surface area contributed by atoms with Crippen LogP contribution in [0, 0.1) is 6.92 Å². The van der Waals surface area contributed by atoms with E-state index in [1.807, 2.05) is 37.3 Å². The van der Waals surface area contributed by atoms with Crippen molar-refractivity contribution in [2.45, 2.75) is 13.0 Å². The van der Waals surface area contributed by atoms with Crippen LogP contribution >= 0.6 is 0 Å². The average molecular weight is 227 g/mol. The minimum atomic E-state index is -1.10. The van der Waals surface area contributed by atoms with Crippen LogP contribution in [0.3, 0.4) is 0 Å². The number of benzene rings is 1. The van der Waals surface area contributed by atoms with Gasteiger partial charge in [-0.05, 0) is 13.0 Å². The Balaban J connectivity index is 2.47. The van der Waals surface area contributed by atoms with Crippen molar-refractivity contribution >= 4 is 5.97 Å². The van der Waals surface area contributed by atoms with Crippen LogP contribution in [0.5, 0.6) is 0 Å². The fraction of sp³-hybridized carbons (Fsp3) is 0.143. The molecule has 3 nitrogen and oxygen atoms in total. The van der Waals surface area contributed by atoms with Crippen LogP contribution in [-0.4, -0.2) is 5.97 Å². The predicted octanol–water partition coefficient (Wildman–Crippen LogP) is 0.622. The molecule has 2 rings (SSSR count). The molecule has 0 amide bonds. The average Bonchev–Trinajstić information content (AvgIpc) is 2.30. The smallest absolute Gasteiger partial charge is 0.223 e. The van der Waals surface area contributed by atoms with E-state index in [2.05, 4.69) is 0 Å². The molecule has 0 saturated carbocycles. The van der Waals surface area contributed by atoms with E-state index < -0.39 is 12.0 Å². The second-order valence-corrected chi connectivity index (χ2v) is 3.96. The third-order valence-electron chi connectivity index (χ3n) is 2.61. The highest BCUT2D eigenvalue weighted by atomic mass is 16.4. The number of carbonyl (C=O) groups is 1. The molecule has 1 atom stereocenters. The van der Waals surface area contributed by atoms with E-state index >= 15 is 0 Å². The zero-order chi connectivity index (χ0) is 12.3. The van der Waals surface area contributed by atoms with Gasteiger partial charge in [0.2, 0.25) is 6.04 Å². The molecule has 1 unspecified atom stereocenters. The summed E-state index contributed by atoms with van der Waals surface area (Å²) in [6, 6.07) is 12.0. The lowest BCUT2D eigenvalue weighted by Gasteiger charge is -2.13. The first-order chi connectivity index (χ1) is 8.18. The number of carboxylic acids is 1. The van der Waals surface area contributed by atoms with Crippen molar-refractivity contribution in [3.8, 4) is 0 Å². The van der Waals surface area contributed by atoms with Gasteiger partial charge in [0.25, 0.3) is 0 Å². The van der Waals surface area contributed by atoms with E-state index in [1.165, 1.54) is 0 Å². The minimum absolute atomic E-state index is 0.711. The van der Waals surface area contributed by atoms with E-state index in [4.69, 9.17) is 0 Å². The number of aryl methyl sites for hydroxylation is 1. The van der Waals surface area contributed by atoms with Crippen LogP contribution in [0.4, 0.5) is 0 Å². The third kappa shape index (κ3) is 2.50. The Morgan fingerprint density at radius 1 is 1.18 bits per heavy atom. The van der Waals surface area contributed by atoms with Gasteiger partial charge in [-0.1, -0.05) is 30.3 Å². The minimum Gasteiger partial charge on any atom is -0.543 e. The molecule has 0 aliphatic heterocycles. The monoisotopic (exact) mass is 227 g/mol. The number of aromatic nitrogens is 1. The van der Waals surface area contributed by atoms with Gasteiger partial charge in [0.05, 0.1) is 0 Å². The van der Waals surface area contributed by atoms with Crippen molar-refractivity contribution in [1.82, 2.24) is 0 Å². The van der Waals surface area contributed by atoms with Crippen molar-refractivity contribution in [1.29, 1.82) is 0 Å². The summed E-state index contributed by atoms with van der Waals surface area (Å²) in [6.45, 7) is 1.92. The van der Waals surface area contributed by atoms with Gasteiger partial charge in [0.15, 0.2) is 12.4 Å². The Morgan fingerprint density at radius 2 is 1.88 bits per heavy atom. The standard InChI is InChI=1S/C14H13NO2/c1-11-6-5-9-15(10-11)13(14(16)17)12-7-3-2-4-8-12/h2-10,13H,1H3. The predicted molar refractivity (Wildman–Crippen MR) is 61.0 cm³/mol. The van der Waals surface area contributed by atoms with Gasteiger partial charge in [0.1, 0.15) is 5.97 Å². The van der Waals surface area contributed by atoms with Crippen LogP contribution in [-0.2, 0) is 4.79 Å². The SMILES string of the molecule is Cc1ccc[n+](C(C(=O)[O-])c2ccccc2)c1. The highest BCUT2D eigenvalue weighted by molar-refractivity contribution is 5.71. The molecule has 0 fully saturated rings. The lowest BCUT2D eigenvalue weighted by Crippen LogP contribution is -2.49. The number of carbonyl (C=O) groups excluding carboxylic acids is 1. The first kappa shape index (κ1) is 11.3. The second kappa shape index (κ2) is 4.78. The van der Waals surface area contributed by atoms with Crippen LogP contribution in [0.1, 0.15) is 17.2 Å². The quantitative estimate of drug-likeness (QED) is 0.722. The number of rotatable bonds is 3. The molecule has 0 N–H and O–H groups in total. The Kier molecular flexibility index (Phi) is 3.19. The molecule has 0 aliphatic rings. The largest absolute Gasteiger partial charge is 0.543 e. The fourth-order valence-electron chi connectivity index (χ4n) is 1.84. The van der Waals surface area contributed by atoms with Crippen molar-refractivity contribution in [3.63, 3.8) is 0 Å². The summed E-state index contributed by atoms with van der Waals surface area (Å²) in [5.74, 6) is -1.10. The Morgan fingerprint density at radius 3 is 2.47 bits per heavy atom. The summed E-state index contributed by atoms with van der Waals surface area (Å²) in [5, 5.41) is 11.3. The first-order valence-electron chi connectivity index (χ1n) is 5.41. The molecule has 0 saturated heterocycles. The molecule has 17 heavy (non-hydrogen) atoms. The van der Waals surface area contributed by atoms with Crippen molar-refractivity contribution < 1.29 is 14.5 Å². The summed E-state index contributed by atoms with van der Waals surface area (Å²) < 4.78 is 1.65.